The van der Waals surface area contributed by atoms with E-state index in [1.807, 2.05) is 37.3 Å². The van der Waals surface area contributed by atoms with Gasteiger partial charge in [-0.1, -0.05) is 59.4 Å². The maximum Gasteiger partial charge on any atom is 0.291 e. The van der Waals surface area contributed by atoms with Crippen molar-refractivity contribution >= 4 is 34.5 Å². The van der Waals surface area contributed by atoms with E-state index >= 15 is 0 Å². The first-order valence-corrected chi connectivity index (χ1v) is 8.82. The summed E-state index contributed by atoms with van der Waals surface area (Å²) in [7, 11) is 0. The Balaban J connectivity index is 1.67. The normalized spacial score (nSPS) is 12.5. The number of fused-ring (bicyclic) bond motifs is 1. The number of benzene rings is 2. The number of rotatable bonds is 3. The second kappa shape index (κ2) is 6.65. The molecular formula is C20H14FN3OS. The molecule has 0 amide bonds. The molecule has 0 aliphatic carbocycles. The number of halogens is 1. The summed E-state index contributed by atoms with van der Waals surface area (Å²) in [5.74, 6) is 0.139. The number of aryl methyl sites for hydroxylation is 1. The fraction of sp³-hybridized carbons (Fsp3) is 0.0500. The molecule has 6 heteroatoms. The predicted octanol–water partition coefficient (Wildman–Crippen LogP) is 3.32. The second-order valence-electron chi connectivity index (χ2n) is 5.88. The van der Waals surface area contributed by atoms with E-state index in [4.69, 9.17) is 0 Å². The Labute approximate surface area is 152 Å². The van der Waals surface area contributed by atoms with E-state index in [1.54, 1.807) is 24.3 Å². The molecule has 0 atom stereocenters. The van der Waals surface area contributed by atoms with Crippen LogP contribution in [0.1, 0.15) is 22.5 Å². The lowest BCUT2D eigenvalue weighted by Gasteiger charge is -1.93. The molecule has 128 valence electrons. The molecule has 0 unspecified atom stereocenters. The molecule has 0 fully saturated rings. The summed E-state index contributed by atoms with van der Waals surface area (Å²) < 4.78 is 15.0. The lowest BCUT2D eigenvalue weighted by atomic mass is 10.1. The van der Waals surface area contributed by atoms with Crippen LogP contribution in [0, 0.1) is 12.7 Å². The minimum absolute atomic E-state index is 0.253. The summed E-state index contributed by atoms with van der Waals surface area (Å²) in [6.07, 6.45) is 5.33. The van der Waals surface area contributed by atoms with Crippen LogP contribution in [-0.4, -0.2) is 14.6 Å². The van der Waals surface area contributed by atoms with Gasteiger partial charge in [0.2, 0.25) is 4.96 Å². The first-order valence-electron chi connectivity index (χ1n) is 8.00. The smallest absolute Gasteiger partial charge is 0.266 e. The maximum absolute atomic E-state index is 13.3. The summed E-state index contributed by atoms with van der Waals surface area (Å²) >= 11 is 1.23. The Bertz CT molecular complexity index is 1220. The minimum atomic E-state index is -0.339. The highest BCUT2D eigenvalue weighted by atomic mass is 32.1. The average Bonchev–Trinajstić information content (AvgIpc) is 3.14. The molecule has 4 rings (SSSR count). The van der Waals surface area contributed by atoms with Crippen LogP contribution < -0.4 is 10.1 Å². The molecule has 0 spiro atoms. The fourth-order valence-corrected chi connectivity index (χ4v) is 3.43. The molecule has 0 aliphatic heterocycles. The van der Waals surface area contributed by atoms with Crippen molar-refractivity contribution in [2.24, 2.45) is 0 Å². The largest absolute Gasteiger partial charge is 0.291 e. The van der Waals surface area contributed by atoms with Crippen molar-refractivity contribution in [2.75, 3.05) is 0 Å². The van der Waals surface area contributed by atoms with Gasteiger partial charge in [-0.2, -0.15) is 9.50 Å². The van der Waals surface area contributed by atoms with Gasteiger partial charge in [0, 0.05) is 0 Å². The molecule has 0 radical (unpaired) electrons. The molecule has 4 aromatic rings. The Kier molecular flexibility index (Phi) is 4.18. The standard InChI is InChI=1S/C20H14FN3OS/c1-13-5-7-14(8-6-13)9-10-18-22-20-24(23-18)19(25)17(26-20)12-15-3-2-4-16(21)11-15/h2-12H,1H3/b10-9+,17-12-. The molecular weight excluding hydrogens is 349 g/mol. The molecule has 2 aromatic carbocycles. The third-order valence-corrected chi connectivity index (χ3v) is 4.81. The molecule has 26 heavy (non-hydrogen) atoms. The Morgan fingerprint density at radius 2 is 1.88 bits per heavy atom. The summed E-state index contributed by atoms with van der Waals surface area (Å²) in [6, 6.07) is 14.2. The fourth-order valence-electron chi connectivity index (χ4n) is 2.52. The number of hydrogen-bond donors (Lipinski definition) is 0. The van der Waals surface area contributed by atoms with Crippen molar-refractivity contribution < 1.29 is 4.39 Å². The molecule has 0 N–H and O–H groups in total. The van der Waals surface area contributed by atoms with Gasteiger partial charge >= 0.3 is 0 Å². The third kappa shape index (κ3) is 3.32. The van der Waals surface area contributed by atoms with E-state index in [9.17, 15) is 9.18 Å². The van der Waals surface area contributed by atoms with Crippen LogP contribution in [0.2, 0.25) is 0 Å². The van der Waals surface area contributed by atoms with Crippen LogP contribution in [0.5, 0.6) is 0 Å². The highest BCUT2D eigenvalue weighted by molar-refractivity contribution is 7.15. The van der Waals surface area contributed by atoms with E-state index in [1.165, 1.54) is 33.5 Å². The van der Waals surface area contributed by atoms with Crippen molar-refractivity contribution in [2.45, 2.75) is 6.92 Å². The third-order valence-electron chi connectivity index (χ3n) is 3.85. The Morgan fingerprint density at radius 1 is 1.08 bits per heavy atom. The van der Waals surface area contributed by atoms with Gasteiger partial charge in [0.25, 0.3) is 5.56 Å². The van der Waals surface area contributed by atoms with Crippen LogP contribution in [0.15, 0.2) is 53.3 Å². The van der Waals surface area contributed by atoms with Crippen LogP contribution in [-0.2, 0) is 0 Å². The summed E-state index contributed by atoms with van der Waals surface area (Å²) in [4.78, 5) is 17.4. The molecule has 2 heterocycles. The van der Waals surface area contributed by atoms with Crippen molar-refractivity contribution in [1.82, 2.24) is 14.6 Å². The van der Waals surface area contributed by atoms with Crippen LogP contribution >= 0.6 is 11.3 Å². The van der Waals surface area contributed by atoms with Crippen LogP contribution in [0.3, 0.4) is 0 Å². The topological polar surface area (TPSA) is 47.3 Å². The van der Waals surface area contributed by atoms with Gasteiger partial charge in [-0.15, -0.1) is 5.10 Å². The van der Waals surface area contributed by atoms with E-state index in [0.717, 1.165) is 5.56 Å². The van der Waals surface area contributed by atoms with E-state index in [-0.39, 0.29) is 11.4 Å². The molecule has 0 bridgehead atoms. The average molecular weight is 363 g/mol. The van der Waals surface area contributed by atoms with Gasteiger partial charge in [0.15, 0.2) is 5.82 Å². The van der Waals surface area contributed by atoms with Gasteiger partial charge < -0.3 is 0 Å². The predicted molar refractivity (Wildman–Crippen MR) is 102 cm³/mol. The van der Waals surface area contributed by atoms with Crippen molar-refractivity contribution in [3.63, 3.8) is 0 Å². The van der Waals surface area contributed by atoms with Crippen molar-refractivity contribution in [3.05, 3.63) is 91.7 Å². The summed E-state index contributed by atoms with van der Waals surface area (Å²) in [5.41, 5.74) is 2.61. The zero-order valence-corrected chi connectivity index (χ0v) is 14.7. The zero-order valence-electron chi connectivity index (χ0n) is 13.9. The van der Waals surface area contributed by atoms with Crippen molar-refractivity contribution in [1.29, 1.82) is 0 Å². The summed E-state index contributed by atoms with van der Waals surface area (Å²) in [5, 5.41) is 4.25. The van der Waals surface area contributed by atoms with E-state index in [2.05, 4.69) is 10.1 Å². The minimum Gasteiger partial charge on any atom is -0.266 e. The first-order chi connectivity index (χ1) is 12.6. The lowest BCUT2D eigenvalue weighted by Crippen LogP contribution is -2.23. The lowest BCUT2D eigenvalue weighted by molar-refractivity contribution is 0.627. The van der Waals surface area contributed by atoms with Gasteiger partial charge in [-0.05, 0) is 42.3 Å². The van der Waals surface area contributed by atoms with Crippen molar-refractivity contribution in [3.8, 4) is 0 Å². The SMILES string of the molecule is Cc1ccc(/C=C/c2nc3s/c(=C\c4cccc(F)c4)c(=O)n3n2)cc1. The van der Waals surface area contributed by atoms with E-state index in [0.29, 0.717) is 20.9 Å². The quantitative estimate of drug-likeness (QED) is 0.561. The Hall–Kier alpha value is -3.12. The zero-order chi connectivity index (χ0) is 18.1. The molecule has 4 nitrogen and oxygen atoms in total. The van der Waals surface area contributed by atoms with Gasteiger partial charge in [-0.3, -0.25) is 4.79 Å². The summed E-state index contributed by atoms with van der Waals surface area (Å²) in [6.45, 7) is 2.03. The molecule has 0 aliphatic rings. The molecule has 0 saturated heterocycles. The molecule has 0 saturated carbocycles. The van der Waals surface area contributed by atoms with Gasteiger partial charge in [0.05, 0.1) is 4.53 Å². The maximum atomic E-state index is 13.3. The Morgan fingerprint density at radius 3 is 2.62 bits per heavy atom. The van der Waals surface area contributed by atoms with E-state index < -0.39 is 0 Å². The number of hydrogen-bond acceptors (Lipinski definition) is 4. The highest BCUT2D eigenvalue weighted by Crippen LogP contribution is 2.09. The first kappa shape index (κ1) is 16.4. The van der Waals surface area contributed by atoms with Gasteiger partial charge in [-0.25, -0.2) is 4.39 Å². The second-order valence-corrected chi connectivity index (χ2v) is 6.89. The highest BCUT2D eigenvalue weighted by Gasteiger charge is 2.08. The van der Waals surface area contributed by atoms with Crippen LogP contribution in [0.4, 0.5) is 4.39 Å². The monoisotopic (exact) mass is 363 g/mol. The number of nitrogens with zero attached hydrogens (tertiary/aromatic N) is 3. The number of aromatic nitrogens is 3. The van der Waals surface area contributed by atoms with Crippen LogP contribution in [0.25, 0.3) is 23.2 Å². The van der Waals surface area contributed by atoms with Gasteiger partial charge in [0.1, 0.15) is 5.82 Å². The number of thiazole rings is 1. The molecule has 2 aromatic heterocycles.